The number of nitrogens with zero attached hydrogens (tertiary/aromatic N) is 2. The van der Waals surface area contributed by atoms with Gasteiger partial charge in [0.25, 0.3) is 5.69 Å². The zero-order valence-electron chi connectivity index (χ0n) is 11.4. The first-order valence-corrected chi connectivity index (χ1v) is 8.02. The van der Waals surface area contributed by atoms with Gasteiger partial charge in [0.15, 0.2) is 0 Å². The van der Waals surface area contributed by atoms with Gasteiger partial charge in [0.05, 0.1) is 9.82 Å². The monoisotopic (exact) mass is 320 g/mol. The summed E-state index contributed by atoms with van der Waals surface area (Å²) in [6, 6.07) is 3.50. The summed E-state index contributed by atoms with van der Waals surface area (Å²) in [6.45, 7) is 2.41. The van der Waals surface area contributed by atoms with Crippen LogP contribution in [0.5, 0.6) is 0 Å². The maximum atomic E-state index is 12.3. The summed E-state index contributed by atoms with van der Waals surface area (Å²) in [5.74, 6) is 0. The molecule has 0 aromatic heterocycles. The molecule has 6 nitrogen and oxygen atoms in total. The first-order valence-electron chi connectivity index (χ1n) is 6.21. The number of benzene rings is 1. The van der Waals surface area contributed by atoms with Crippen molar-refractivity contribution in [2.24, 2.45) is 0 Å². The minimum Gasteiger partial charge on any atom is -0.258 e. The third kappa shape index (κ3) is 3.91. The van der Waals surface area contributed by atoms with Gasteiger partial charge in [-0.3, -0.25) is 10.1 Å². The predicted molar refractivity (Wildman–Crippen MR) is 77.4 cm³/mol. The summed E-state index contributed by atoms with van der Waals surface area (Å²) in [7, 11) is -2.26. The van der Waals surface area contributed by atoms with Crippen LogP contribution in [0.3, 0.4) is 0 Å². The molecular formula is C12H17ClN2O4S. The van der Waals surface area contributed by atoms with E-state index >= 15 is 0 Å². The molecular weight excluding hydrogens is 304 g/mol. The second-order valence-electron chi connectivity index (χ2n) is 4.40. The van der Waals surface area contributed by atoms with Gasteiger partial charge in [-0.1, -0.05) is 31.4 Å². The van der Waals surface area contributed by atoms with Crippen molar-refractivity contribution in [2.75, 3.05) is 13.6 Å². The van der Waals surface area contributed by atoms with Gasteiger partial charge >= 0.3 is 0 Å². The maximum Gasteiger partial charge on any atom is 0.289 e. The summed E-state index contributed by atoms with van der Waals surface area (Å²) >= 11 is 5.67. The molecule has 0 heterocycles. The van der Waals surface area contributed by atoms with Crippen LogP contribution in [-0.4, -0.2) is 31.2 Å². The van der Waals surface area contributed by atoms with Crippen molar-refractivity contribution < 1.29 is 13.3 Å². The molecule has 1 rings (SSSR count). The van der Waals surface area contributed by atoms with Gasteiger partial charge < -0.3 is 0 Å². The van der Waals surface area contributed by atoms with E-state index in [0.29, 0.717) is 6.54 Å². The van der Waals surface area contributed by atoms with E-state index < -0.39 is 20.6 Å². The Morgan fingerprint density at radius 3 is 2.55 bits per heavy atom. The molecule has 0 aliphatic carbocycles. The largest absolute Gasteiger partial charge is 0.289 e. The van der Waals surface area contributed by atoms with Crippen LogP contribution in [0.2, 0.25) is 5.02 Å². The molecule has 0 amide bonds. The molecule has 20 heavy (non-hydrogen) atoms. The summed E-state index contributed by atoms with van der Waals surface area (Å²) in [6.07, 6.45) is 2.67. The average molecular weight is 321 g/mol. The third-order valence-corrected chi connectivity index (χ3v) is 5.07. The Morgan fingerprint density at radius 1 is 1.35 bits per heavy atom. The van der Waals surface area contributed by atoms with Crippen molar-refractivity contribution in [3.05, 3.63) is 33.3 Å². The van der Waals surface area contributed by atoms with Gasteiger partial charge in [-0.25, -0.2) is 12.7 Å². The summed E-state index contributed by atoms with van der Waals surface area (Å²) in [4.78, 5) is 9.98. The number of rotatable bonds is 7. The molecule has 0 spiro atoms. The van der Waals surface area contributed by atoms with Crippen LogP contribution in [0, 0.1) is 10.1 Å². The Kier molecular flexibility index (Phi) is 5.91. The summed E-state index contributed by atoms with van der Waals surface area (Å²) in [5, 5.41) is 10.7. The van der Waals surface area contributed by atoms with Crippen LogP contribution in [-0.2, 0) is 10.0 Å². The minimum atomic E-state index is -3.72. The highest BCUT2D eigenvalue weighted by molar-refractivity contribution is 7.89. The number of sulfonamides is 1. The molecule has 8 heteroatoms. The highest BCUT2D eigenvalue weighted by atomic mass is 35.5. The zero-order valence-corrected chi connectivity index (χ0v) is 12.9. The molecule has 1 aromatic rings. The van der Waals surface area contributed by atoms with Crippen molar-refractivity contribution >= 4 is 27.3 Å². The Hall–Kier alpha value is -1.18. The highest BCUT2D eigenvalue weighted by Crippen LogP contribution is 2.28. The smallest absolute Gasteiger partial charge is 0.258 e. The van der Waals surface area contributed by atoms with E-state index in [4.69, 9.17) is 11.6 Å². The number of nitro benzene ring substituents is 1. The number of halogens is 1. The number of unbranched alkanes of at least 4 members (excludes halogenated alkanes) is 2. The Bertz CT molecular complexity index is 589. The van der Waals surface area contributed by atoms with Crippen molar-refractivity contribution in [3.8, 4) is 0 Å². The van der Waals surface area contributed by atoms with Crippen LogP contribution in [0.15, 0.2) is 23.1 Å². The van der Waals surface area contributed by atoms with E-state index in [2.05, 4.69) is 0 Å². The number of nitro groups is 1. The van der Waals surface area contributed by atoms with E-state index in [1.165, 1.54) is 23.5 Å². The SMILES string of the molecule is CCCCCN(C)S(=O)(=O)c1ccc(Cl)c([N+](=O)[O-])c1. The Morgan fingerprint density at radius 2 is 2.00 bits per heavy atom. The third-order valence-electron chi connectivity index (χ3n) is 2.90. The zero-order chi connectivity index (χ0) is 15.3. The average Bonchev–Trinajstić information content (AvgIpc) is 2.38. The molecule has 0 N–H and O–H groups in total. The van der Waals surface area contributed by atoms with Gasteiger partial charge in [-0.05, 0) is 18.6 Å². The number of hydrogen-bond donors (Lipinski definition) is 0. The topological polar surface area (TPSA) is 80.5 Å². The van der Waals surface area contributed by atoms with Crippen LogP contribution in [0.4, 0.5) is 5.69 Å². The van der Waals surface area contributed by atoms with Crippen molar-refractivity contribution in [1.29, 1.82) is 0 Å². The minimum absolute atomic E-state index is 0.0809. The second kappa shape index (κ2) is 7.01. The lowest BCUT2D eigenvalue weighted by Gasteiger charge is -2.17. The molecule has 0 atom stereocenters. The van der Waals surface area contributed by atoms with Gasteiger partial charge in [0.2, 0.25) is 10.0 Å². The number of hydrogen-bond acceptors (Lipinski definition) is 4. The van der Waals surface area contributed by atoms with Gasteiger partial charge in [-0.2, -0.15) is 0 Å². The highest BCUT2D eigenvalue weighted by Gasteiger charge is 2.24. The lowest BCUT2D eigenvalue weighted by molar-refractivity contribution is -0.384. The van der Waals surface area contributed by atoms with Crippen molar-refractivity contribution in [1.82, 2.24) is 4.31 Å². The molecule has 1 aromatic carbocycles. The second-order valence-corrected chi connectivity index (χ2v) is 6.86. The molecule has 0 radical (unpaired) electrons. The Balaban J connectivity index is 3.03. The van der Waals surface area contributed by atoms with Gasteiger partial charge in [0.1, 0.15) is 5.02 Å². The van der Waals surface area contributed by atoms with Crippen LogP contribution < -0.4 is 0 Å². The fourth-order valence-electron chi connectivity index (χ4n) is 1.68. The van der Waals surface area contributed by atoms with Gasteiger partial charge in [0, 0.05) is 19.7 Å². The molecule has 0 aliphatic heterocycles. The first-order chi connectivity index (χ1) is 9.30. The van der Waals surface area contributed by atoms with Crippen LogP contribution in [0.25, 0.3) is 0 Å². The molecule has 0 fully saturated rings. The maximum absolute atomic E-state index is 12.3. The standard InChI is InChI=1S/C12H17ClN2O4S/c1-3-4-5-8-14(2)20(18,19)10-6-7-11(13)12(9-10)15(16)17/h6-7,9H,3-5,8H2,1-2H3. The normalized spacial score (nSPS) is 11.8. The predicted octanol–water partition coefficient (Wildman–Crippen LogP) is 3.06. The van der Waals surface area contributed by atoms with E-state index in [0.717, 1.165) is 25.3 Å². The van der Waals surface area contributed by atoms with Crippen LogP contribution >= 0.6 is 11.6 Å². The van der Waals surface area contributed by atoms with E-state index in [9.17, 15) is 18.5 Å². The molecule has 0 saturated heterocycles. The Labute approximate surface area is 123 Å². The molecule has 112 valence electrons. The molecule has 0 bridgehead atoms. The summed E-state index contributed by atoms with van der Waals surface area (Å²) in [5.41, 5.74) is -0.408. The first kappa shape index (κ1) is 16.9. The lowest BCUT2D eigenvalue weighted by atomic mass is 10.2. The lowest BCUT2D eigenvalue weighted by Crippen LogP contribution is -2.28. The van der Waals surface area contributed by atoms with Crippen molar-refractivity contribution in [3.63, 3.8) is 0 Å². The van der Waals surface area contributed by atoms with E-state index in [1.54, 1.807) is 0 Å². The van der Waals surface area contributed by atoms with Crippen molar-refractivity contribution in [2.45, 2.75) is 31.1 Å². The van der Waals surface area contributed by atoms with Crippen LogP contribution in [0.1, 0.15) is 26.2 Å². The van der Waals surface area contributed by atoms with E-state index in [1.807, 2.05) is 6.92 Å². The molecule has 0 saturated carbocycles. The quantitative estimate of drug-likeness (QED) is 0.439. The molecule has 0 unspecified atom stereocenters. The molecule has 0 aliphatic rings. The fourth-order valence-corrected chi connectivity index (χ4v) is 3.09. The van der Waals surface area contributed by atoms with Gasteiger partial charge in [-0.15, -0.1) is 0 Å². The van der Waals surface area contributed by atoms with E-state index in [-0.39, 0.29) is 9.92 Å². The fraction of sp³-hybridized carbons (Fsp3) is 0.500. The summed E-state index contributed by atoms with van der Waals surface area (Å²) < 4.78 is 25.7.